The van der Waals surface area contributed by atoms with Crippen molar-refractivity contribution in [3.8, 4) is 0 Å². The van der Waals surface area contributed by atoms with Gasteiger partial charge in [0.2, 0.25) is 6.17 Å². The molecule has 1 unspecified atom stereocenters. The molecule has 2 nitrogen and oxygen atoms in total. The highest BCUT2D eigenvalue weighted by molar-refractivity contribution is 4.39. The third-order valence-electron chi connectivity index (χ3n) is 3.16. The highest BCUT2D eigenvalue weighted by atomic mass is 35.5. The molecule has 4 heteroatoms. The molecule has 0 heterocycles. The zero-order valence-electron chi connectivity index (χ0n) is 9.86. The summed E-state index contributed by atoms with van der Waals surface area (Å²) in [6.45, 7) is 6.86. The fourth-order valence-corrected chi connectivity index (χ4v) is 1.11. The van der Waals surface area contributed by atoms with E-state index in [0.29, 0.717) is 12.2 Å². The summed E-state index contributed by atoms with van der Waals surface area (Å²) in [5, 5.41) is 0. The van der Waals surface area contributed by atoms with Crippen LogP contribution in [0.15, 0.2) is 0 Å². The lowest BCUT2D eigenvalue weighted by Gasteiger charge is -2.40. The average molecular weight is 231 g/mol. The van der Waals surface area contributed by atoms with Crippen LogP contribution in [0, 0.1) is 0 Å². The standard InChI is InChI=1S/C9H23N2.2ClH/c1-8(2)11(6,7)9(3)10(4)5;;/h8-9H,1-7H3;2*1H/q+1;;/p-1. The molecule has 0 fully saturated rings. The maximum atomic E-state index is 2.30. The second-order valence-electron chi connectivity index (χ2n) is 4.48. The molecular weight excluding hydrogens is 207 g/mol. The van der Waals surface area contributed by atoms with E-state index in [9.17, 15) is 0 Å². The normalized spacial score (nSPS) is 13.6. The quantitative estimate of drug-likeness (QED) is 0.364. The minimum atomic E-state index is 0. The topological polar surface area (TPSA) is 4.44 Å². The van der Waals surface area contributed by atoms with Crippen LogP contribution in [0.3, 0.4) is 0 Å². The van der Waals surface area contributed by atoms with Gasteiger partial charge in [-0.3, -0.25) is 9.38 Å². The van der Waals surface area contributed by atoms with E-state index < -0.39 is 0 Å². The minimum Gasteiger partial charge on any atom is -1.00 e. The average Bonchev–Trinajstić information content (AvgIpc) is 1.85. The maximum absolute atomic E-state index is 2.30. The van der Waals surface area contributed by atoms with Gasteiger partial charge in [-0.05, 0) is 13.8 Å². The molecule has 0 saturated heterocycles. The summed E-state index contributed by atoms with van der Waals surface area (Å²) in [5.41, 5.74) is 0. The fraction of sp³-hybridized carbons (Fsp3) is 1.00. The SMILES string of the molecule is CC(C)[N+](C)(C)C(C)[NH+](C)C.[Cl-].[Cl-]. The number of rotatable bonds is 3. The highest BCUT2D eigenvalue weighted by Gasteiger charge is 2.31. The lowest BCUT2D eigenvalue weighted by Crippen LogP contribution is -3.13. The van der Waals surface area contributed by atoms with Crippen molar-refractivity contribution in [1.82, 2.24) is 0 Å². The Hall–Kier alpha value is 0.500. The number of nitrogens with zero attached hydrogens (tertiary/aromatic N) is 1. The number of hydrogen-bond donors (Lipinski definition) is 1. The molecule has 0 rings (SSSR count). The van der Waals surface area contributed by atoms with Crippen molar-refractivity contribution in [3.63, 3.8) is 0 Å². The van der Waals surface area contributed by atoms with E-state index in [1.165, 1.54) is 4.90 Å². The van der Waals surface area contributed by atoms with Gasteiger partial charge < -0.3 is 24.8 Å². The molecule has 0 bridgehead atoms. The first-order chi connectivity index (χ1) is 4.80. The Morgan fingerprint density at radius 2 is 1.23 bits per heavy atom. The third kappa shape index (κ3) is 5.06. The van der Waals surface area contributed by atoms with Crippen LogP contribution >= 0.6 is 0 Å². The van der Waals surface area contributed by atoms with Crippen molar-refractivity contribution in [2.45, 2.75) is 33.0 Å². The smallest absolute Gasteiger partial charge is 0.211 e. The van der Waals surface area contributed by atoms with Gasteiger partial charge >= 0.3 is 0 Å². The van der Waals surface area contributed by atoms with Gasteiger partial charge in [-0.2, -0.15) is 0 Å². The molecule has 0 aromatic carbocycles. The second-order valence-corrected chi connectivity index (χ2v) is 4.48. The van der Waals surface area contributed by atoms with E-state index in [4.69, 9.17) is 0 Å². The fourth-order valence-electron chi connectivity index (χ4n) is 1.11. The Morgan fingerprint density at radius 3 is 1.31 bits per heavy atom. The monoisotopic (exact) mass is 230 g/mol. The number of quaternary nitrogens is 2. The van der Waals surface area contributed by atoms with Gasteiger partial charge in [-0.15, -0.1) is 0 Å². The van der Waals surface area contributed by atoms with Crippen LogP contribution in [0.25, 0.3) is 0 Å². The lowest BCUT2D eigenvalue weighted by atomic mass is 10.2. The Labute approximate surface area is 95.7 Å². The van der Waals surface area contributed by atoms with E-state index in [0.717, 1.165) is 4.48 Å². The molecule has 0 radical (unpaired) electrons. The maximum Gasteiger partial charge on any atom is 0.211 e. The molecule has 13 heavy (non-hydrogen) atoms. The first kappa shape index (κ1) is 19.1. The molecule has 0 spiro atoms. The van der Waals surface area contributed by atoms with Crippen LogP contribution in [-0.4, -0.2) is 44.9 Å². The Balaban J connectivity index is -0.000000500. The van der Waals surface area contributed by atoms with Crippen LogP contribution in [0.2, 0.25) is 0 Å². The van der Waals surface area contributed by atoms with Gasteiger partial charge in [0.25, 0.3) is 0 Å². The van der Waals surface area contributed by atoms with E-state index in [1.54, 1.807) is 0 Å². The summed E-state index contributed by atoms with van der Waals surface area (Å²) in [4.78, 5) is 1.52. The molecule has 0 aromatic heterocycles. The third-order valence-corrected chi connectivity index (χ3v) is 3.16. The Kier molecular flexibility index (Phi) is 10.1. The Bertz CT molecular complexity index is 125. The van der Waals surface area contributed by atoms with Gasteiger partial charge in [0.1, 0.15) is 0 Å². The van der Waals surface area contributed by atoms with Crippen molar-refractivity contribution in [3.05, 3.63) is 0 Å². The molecule has 1 atom stereocenters. The van der Waals surface area contributed by atoms with Crippen molar-refractivity contribution in [2.24, 2.45) is 0 Å². The van der Waals surface area contributed by atoms with E-state index in [-0.39, 0.29) is 24.8 Å². The summed E-state index contributed by atoms with van der Waals surface area (Å²) < 4.78 is 1.09. The van der Waals surface area contributed by atoms with Gasteiger partial charge in [0.15, 0.2) is 0 Å². The first-order valence-electron chi connectivity index (χ1n) is 4.43. The van der Waals surface area contributed by atoms with E-state index in [1.807, 2.05) is 0 Å². The predicted molar refractivity (Wildman–Crippen MR) is 49.5 cm³/mol. The van der Waals surface area contributed by atoms with Crippen molar-refractivity contribution >= 4 is 0 Å². The summed E-state index contributed by atoms with van der Waals surface area (Å²) in [6.07, 6.45) is 0.662. The lowest BCUT2D eigenvalue weighted by molar-refractivity contribution is -1.10. The highest BCUT2D eigenvalue weighted by Crippen LogP contribution is 2.07. The second kappa shape index (κ2) is 6.88. The van der Waals surface area contributed by atoms with Gasteiger partial charge in [0, 0.05) is 6.92 Å². The summed E-state index contributed by atoms with van der Waals surface area (Å²) in [5.74, 6) is 0. The zero-order chi connectivity index (χ0) is 9.23. The molecule has 0 saturated carbocycles. The van der Waals surface area contributed by atoms with E-state index >= 15 is 0 Å². The molecule has 84 valence electrons. The molecule has 0 aliphatic rings. The minimum absolute atomic E-state index is 0. The predicted octanol–water partition coefficient (Wildman–Crippen LogP) is -6.03. The van der Waals surface area contributed by atoms with Crippen LogP contribution in [-0.2, 0) is 0 Å². The van der Waals surface area contributed by atoms with Crippen LogP contribution in [0.4, 0.5) is 0 Å². The zero-order valence-corrected chi connectivity index (χ0v) is 11.4. The van der Waals surface area contributed by atoms with Crippen LogP contribution in [0.1, 0.15) is 20.8 Å². The molecule has 0 aliphatic carbocycles. The van der Waals surface area contributed by atoms with Gasteiger partial charge in [0.05, 0.1) is 34.2 Å². The van der Waals surface area contributed by atoms with Crippen molar-refractivity contribution in [2.75, 3.05) is 28.2 Å². The van der Waals surface area contributed by atoms with Crippen LogP contribution < -0.4 is 29.7 Å². The summed E-state index contributed by atoms with van der Waals surface area (Å²) >= 11 is 0. The van der Waals surface area contributed by atoms with Gasteiger partial charge in [-0.1, -0.05) is 0 Å². The van der Waals surface area contributed by atoms with Gasteiger partial charge in [-0.25, -0.2) is 0 Å². The first-order valence-corrected chi connectivity index (χ1v) is 4.43. The molecule has 0 aliphatic heterocycles. The number of nitrogens with one attached hydrogen (secondary N) is 1. The van der Waals surface area contributed by atoms with Crippen molar-refractivity contribution in [1.29, 1.82) is 0 Å². The largest absolute Gasteiger partial charge is 1.00 e. The molecule has 0 amide bonds. The molecule has 1 N–H and O–H groups in total. The molecule has 0 aromatic rings. The Morgan fingerprint density at radius 1 is 0.923 bits per heavy atom. The number of hydrogen-bond acceptors (Lipinski definition) is 0. The summed E-state index contributed by atoms with van der Waals surface area (Å²) in [7, 11) is 9.02. The van der Waals surface area contributed by atoms with Crippen molar-refractivity contribution < 1.29 is 34.2 Å². The summed E-state index contributed by atoms with van der Waals surface area (Å²) in [6, 6.07) is 0.694. The molecular formula is C9H24Cl2N2. The van der Waals surface area contributed by atoms with Crippen LogP contribution in [0.5, 0.6) is 0 Å². The number of halogens is 2. The van der Waals surface area contributed by atoms with E-state index in [2.05, 4.69) is 49.0 Å².